The van der Waals surface area contributed by atoms with Crippen LogP contribution in [0.15, 0.2) is 0 Å². The van der Waals surface area contributed by atoms with Gasteiger partial charge in [0.25, 0.3) is 0 Å². The van der Waals surface area contributed by atoms with Crippen molar-refractivity contribution >= 4 is 0 Å². The number of hydrogen-bond donors (Lipinski definition) is 1. The lowest BCUT2D eigenvalue weighted by atomic mass is 10.3. The predicted octanol–water partition coefficient (Wildman–Crippen LogP) is 0.524. The average Bonchev–Trinajstić information content (AvgIpc) is 2.31. The molecule has 3 heteroatoms. The van der Waals surface area contributed by atoms with E-state index in [0.29, 0.717) is 13.0 Å². The Kier molecular flexibility index (Phi) is 3.10. The van der Waals surface area contributed by atoms with Gasteiger partial charge in [-0.3, -0.25) is 0 Å². The van der Waals surface area contributed by atoms with Crippen molar-refractivity contribution in [2.45, 2.75) is 32.2 Å². The Morgan fingerprint density at radius 3 is 2.75 bits per heavy atom. The lowest BCUT2D eigenvalue weighted by Gasteiger charge is -2.15. The Morgan fingerprint density at radius 2 is 2.25 bits per heavy atom. The fourth-order valence-electron chi connectivity index (χ4n) is 1.11. The molecule has 1 rings (SSSR count). The molecular formula is C9H14O3. The van der Waals surface area contributed by atoms with Gasteiger partial charge in [-0.15, -0.1) is 0 Å². The quantitative estimate of drug-likeness (QED) is 0.583. The molecule has 0 bridgehead atoms. The Labute approximate surface area is 72.7 Å². The second-order valence-corrected chi connectivity index (χ2v) is 3.17. The molecule has 0 saturated carbocycles. The second-order valence-electron chi connectivity index (χ2n) is 3.17. The highest BCUT2D eigenvalue weighted by molar-refractivity contribution is 5.00. The third kappa shape index (κ3) is 2.82. The maximum Gasteiger partial charge on any atom is 0.163 e. The monoisotopic (exact) mass is 170 g/mol. The fourth-order valence-corrected chi connectivity index (χ4v) is 1.11. The second kappa shape index (κ2) is 3.90. The largest absolute Gasteiger partial charge is 0.384 e. The van der Waals surface area contributed by atoms with E-state index in [2.05, 4.69) is 11.8 Å². The van der Waals surface area contributed by atoms with Gasteiger partial charge in [0.2, 0.25) is 0 Å². The maximum atomic E-state index is 8.40. The van der Waals surface area contributed by atoms with E-state index in [1.165, 1.54) is 0 Å². The van der Waals surface area contributed by atoms with Crippen LogP contribution in [0, 0.1) is 11.8 Å². The summed E-state index contributed by atoms with van der Waals surface area (Å²) in [5.41, 5.74) is 0. The zero-order valence-electron chi connectivity index (χ0n) is 7.46. The van der Waals surface area contributed by atoms with E-state index in [-0.39, 0.29) is 12.7 Å². The normalized spacial score (nSPS) is 26.4. The molecule has 0 radical (unpaired) electrons. The van der Waals surface area contributed by atoms with Crippen LogP contribution in [0.25, 0.3) is 0 Å². The number of rotatable bonds is 1. The molecule has 12 heavy (non-hydrogen) atoms. The van der Waals surface area contributed by atoms with Gasteiger partial charge in [-0.05, 0) is 13.8 Å². The summed E-state index contributed by atoms with van der Waals surface area (Å²) in [5, 5.41) is 8.40. The van der Waals surface area contributed by atoms with Crippen LogP contribution in [-0.4, -0.2) is 30.2 Å². The standard InChI is InChI=1S/C9H14O3/c1-9(2)11-7-8(12-9)5-3-4-6-10/h8,10H,5-7H2,1-2H3. The van der Waals surface area contributed by atoms with Crippen molar-refractivity contribution < 1.29 is 14.6 Å². The summed E-state index contributed by atoms with van der Waals surface area (Å²) < 4.78 is 10.8. The molecule has 68 valence electrons. The molecule has 0 aromatic rings. The van der Waals surface area contributed by atoms with Crippen molar-refractivity contribution in [3.8, 4) is 11.8 Å². The third-order valence-electron chi connectivity index (χ3n) is 1.60. The highest BCUT2D eigenvalue weighted by atomic mass is 16.7. The average molecular weight is 170 g/mol. The Hall–Kier alpha value is -0.560. The Balaban J connectivity index is 2.28. The van der Waals surface area contributed by atoms with Crippen molar-refractivity contribution in [2.75, 3.05) is 13.2 Å². The van der Waals surface area contributed by atoms with Crippen LogP contribution in [0.4, 0.5) is 0 Å². The van der Waals surface area contributed by atoms with E-state index in [1.54, 1.807) is 0 Å². The van der Waals surface area contributed by atoms with Crippen molar-refractivity contribution in [3.63, 3.8) is 0 Å². The van der Waals surface area contributed by atoms with Crippen molar-refractivity contribution in [3.05, 3.63) is 0 Å². The van der Waals surface area contributed by atoms with Gasteiger partial charge in [0.1, 0.15) is 6.61 Å². The van der Waals surface area contributed by atoms with E-state index in [1.807, 2.05) is 13.8 Å². The van der Waals surface area contributed by atoms with Crippen LogP contribution in [0.3, 0.4) is 0 Å². The first kappa shape index (κ1) is 9.53. The molecule has 1 atom stereocenters. The summed E-state index contributed by atoms with van der Waals surface area (Å²) in [6, 6.07) is 0. The molecule has 1 unspecified atom stereocenters. The molecule has 0 aromatic heterocycles. The van der Waals surface area contributed by atoms with E-state index in [9.17, 15) is 0 Å². The molecule has 3 nitrogen and oxygen atoms in total. The van der Waals surface area contributed by atoms with Gasteiger partial charge in [-0.2, -0.15) is 0 Å². The predicted molar refractivity (Wildman–Crippen MR) is 44.4 cm³/mol. The lowest BCUT2D eigenvalue weighted by molar-refractivity contribution is -0.137. The molecule has 1 heterocycles. The first-order valence-electron chi connectivity index (χ1n) is 4.02. The minimum absolute atomic E-state index is 0.0547. The topological polar surface area (TPSA) is 38.7 Å². The van der Waals surface area contributed by atoms with Gasteiger partial charge in [0, 0.05) is 6.42 Å². The molecule has 1 saturated heterocycles. The molecule has 1 fully saturated rings. The zero-order chi connectivity index (χ0) is 9.03. The summed E-state index contributed by atoms with van der Waals surface area (Å²) in [4.78, 5) is 0. The third-order valence-corrected chi connectivity index (χ3v) is 1.60. The summed E-state index contributed by atoms with van der Waals surface area (Å²) >= 11 is 0. The van der Waals surface area contributed by atoms with E-state index < -0.39 is 5.79 Å². The molecule has 1 aliphatic heterocycles. The lowest BCUT2D eigenvalue weighted by Crippen LogP contribution is -2.21. The summed E-state index contributed by atoms with van der Waals surface area (Å²) in [7, 11) is 0. The van der Waals surface area contributed by atoms with Gasteiger partial charge < -0.3 is 14.6 Å². The number of aliphatic hydroxyl groups is 1. The molecule has 1 N–H and O–H groups in total. The molecule has 0 spiro atoms. The SMILES string of the molecule is CC1(C)OCC(CC#CCO)O1. The van der Waals surface area contributed by atoms with E-state index in [4.69, 9.17) is 14.6 Å². The Bertz CT molecular complexity index is 200. The highest BCUT2D eigenvalue weighted by Gasteiger charge is 2.31. The van der Waals surface area contributed by atoms with E-state index >= 15 is 0 Å². The zero-order valence-corrected chi connectivity index (χ0v) is 7.46. The van der Waals surface area contributed by atoms with E-state index in [0.717, 1.165) is 0 Å². The molecule has 0 aliphatic carbocycles. The minimum atomic E-state index is -0.467. The van der Waals surface area contributed by atoms with Gasteiger partial charge in [0.15, 0.2) is 5.79 Å². The van der Waals surface area contributed by atoms with Crippen molar-refractivity contribution in [1.82, 2.24) is 0 Å². The first-order valence-corrected chi connectivity index (χ1v) is 4.02. The van der Waals surface area contributed by atoms with Gasteiger partial charge in [0.05, 0.1) is 12.7 Å². The van der Waals surface area contributed by atoms with Crippen LogP contribution in [0.2, 0.25) is 0 Å². The van der Waals surface area contributed by atoms with Gasteiger partial charge in [-0.1, -0.05) is 11.8 Å². The summed E-state index contributed by atoms with van der Waals surface area (Å²) in [5.74, 6) is 4.92. The van der Waals surface area contributed by atoms with Gasteiger partial charge in [-0.25, -0.2) is 0 Å². The van der Waals surface area contributed by atoms with Crippen LogP contribution < -0.4 is 0 Å². The molecule has 1 aliphatic rings. The number of aliphatic hydroxyl groups excluding tert-OH is 1. The first-order chi connectivity index (χ1) is 5.64. The summed E-state index contributed by atoms with van der Waals surface area (Å²) in [6.07, 6.45) is 0.684. The van der Waals surface area contributed by atoms with Crippen LogP contribution in [0.1, 0.15) is 20.3 Å². The van der Waals surface area contributed by atoms with Gasteiger partial charge >= 0.3 is 0 Å². The Morgan fingerprint density at radius 1 is 1.50 bits per heavy atom. The minimum Gasteiger partial charge on any atom is -0.384 e. The number of hydrogen-bond acceptors (Lipinski definition) is 3. The van der Waals surface area contributed by atoms with Crippen LogP contribution >= 0.6 is 0 Å². The summed E-state index contributed by atoms with van der Waals surface area (Å²) in [6.45, 7) is 4.27. The van der Waals surface area contributed by atoms with Crippen LogP contribution in [0.5, 0.6) is 0 Å². The molecule has 0 amide bonds. The van der Waals surface area contributed by atoms with Crippen molar-refractivity contribution in [1.29, 1.82) is 0 Å². The molecule has 0 aromatic carbocycles. The van der Waals surface area contributed by atoms with Crippen molar-refractivity contribution in [2.24, 2.45) is 0 Å². The highest BCUT2D eigenvalue weighted by Crippen LogP contribution is 2.23. The number of ether oxygens (including phenoxy) is 2. The maximum absolute atomic E-state index is 8.40. The van der Waals surface area contributed by atoms with Crippen LogP contribution in [-0.2, 0) is 9.47 Å². The smallest absolute Gasteiger partial charge is 0.163 e. The molecular weight excluding hydrogens is 156 g/mol. The fraction of sp³-hybridized carbons (Fsp3) is 0.778.